The number of aromatic nitrogens is 2. The summed E-state index contributed by atoms with van der Waals surface area (Å²) in [6.45, 7) is 0. The van der Waals surface area contributed by atoms with E-state index in [9.17, 15) is 13.9 Å². The average molecular weight is 260 g/mol. The monoisotopic (exact) mass is 260 g/mol. The summed E-state index contributed by atoms with van der Waals surface area (Å²) in [6, 6.07) is 0. The Balaban J connectivity index is 2.20. The van der Waals surface area contributed by atoms with Gasteiger partial charge in [0, 0.05) is 19.9 Å². The van der Waals surface area contributed by atoms with Crippen molar-refractivity contribution in [2.75, 3.05) is 7.11 Å². The van der Waals surface area contributed by atoms with E-state index in [0.717, 1.165) is 0 Å². The molecule has 0 spiro atoms. The molecule has 0 radical (unpaired) electrons. The summed E-state index contributed by atoms with van der Waals surface area (Å²) in [5, 5.41) is 14.3. The van der Waals surface area contributed by atoms with E-state index in [1.54, 1.807) is 7.05 Å². The van der Waals surface area contributed by atoms with Crippen LogP contribution in [0.3, 0.4) is 0 Å². The molecule has 1 heterocycles. The van der Waals surface area contributed by atoms with Crippen LogP contribution in [0.5, 0.6) is 5.75 Å². The van der Waals surface area contributed by atoms with E-state index in [1.165, 1.54) is 18.0 Å². The molecule has 0 aromatic carbocycles. The molecule has 6 heteroatoms. The maximum atomic E-state index is 13.4. The summed E-state index contributed by atoms with van der Waals surface area (Å²) in [5.41, 5.74) is 0.472. The van der Waals surface area contributed by atoms with Gasteiger partial charge < -0.3 is 9.84 Å². The van der Waals surface area contributed by atoms with Crippen LogP contribution in [-0.4, -0.2) is 27.9 Å². The van der Waals surface area contributed by atoms with E-state index in [0.29, 0.717) is 24.3 Å². The SMILES string of the molecule is COc1cnn(C)c1C(O)C1CCCC(F)(F)C1. The second-order valence-corrected chi connectivity index (χ2v) is 4.88. The topological polar surface area (TPSA) is 47.3 Å². The maximum Gasteiger partial charge on any atom is 0.248 e. The zero-order valence-corrected chi connectivity index (χ0v) is 10.6. The van der Waals surface area contributed by atoms with Gasteiger partial charge in [-0.2, -0.15) is 5.10 Å². The molecule has 1 N–H and O–H groups in total. The van der Waals surface area contributed by atoms with Gasteiger partial charge in [-0.05, 0) is 18.8 Å². The van der Waals surface area contributed by atoms with E-state index < -0.39 is 17.9 Å². The normalized spacial score (nSPS) is 24.8. The van der Waals surface area contributed by atoms with Gasteiger partial charge in [-0.1, -0.05) is 0 Å². The number of ether oxygens (including phenoxy) is 1. The van der Waals surface area contributed by atoms with E-state index in [-0.39, 0.29) is 12.8 Å². The van der Waals surface area contributed by atoms with Crippen molar-refractivity contribution in [1.29, 1.82) is 0 Å². The van der Waals surface area contributed by atoms with Gasteiger partial charge in [0.1, 0.15) is 11.8 Å². The predicted octanol–water partition coefficient (Wildman–Crippen LogP) is 2.29. The second-order valence-electron chi connectivity index (χ2n) is 4.88. The van der Waals surface area contributed by atoms with Crippen LogP contribution >= 0.6 is 0 Å². The highest BCUT2D eigenvalue weighted by Crippen LogP contribution is 2.43. The molecule has 1 saturated carbocycles. The Morgan fingerprint density at radius 2 is 2.33 bits per heavy atom. The molecule has 2 atom stereocenters. The van der Waals surface area contributed by atoms with Gasteiger partial charge in [0.2, 0.25) is 5.92 Å². The van der Waals surface area contributed by atoms with Gasteiger partial charge in [0.25, 0.3) is 0 Å². The van der Waals surface area contributed by atoms with Crippen molar-refractivity contribution in [1.82, 2.24) is 9.78 Å². The van der Waals surface area contributed by atoms with Crippen LogP contribution in [0.25, 0.3) is 0 Å². The van der Waals surface area contributed by atoms with Crippen molar-refractivity contribution < 1.29 is 18.6 Å². The molecule has 0 aliphatic heterocycles. The third kappa shape index (κ3) is 2.48. The molecule has 2 unspecified atom stereocenters. The van der Waals surface area contributed by atoms with Crippen LogP contribution in [0, 0.1) is 5.92 Å². The highest BCUT2D eigenvalue weighted by Gasteiger charge is 2.40. The number of methoxy groups -OCH3 is 1. The third-order valence-corrected chi connectivity index (χ3v) is 3.57. The number of halogens is 2. The minimum Gasteiger partial charge on any atom is -0.493 e. The van der Waals surface area contributed by atoms with Crippen molar-refractivity contribution in [3.05, 3.63) is 11.9 Å². The molecule has 1 fully saturated rings. The van der Waals surface area contributed by atoms with Gasteiger partial charge in [-0.15, -0.1) is 0 Å². The number of hydrogen-bond donors (Lipinski definition) is 1. The van der Waals surface area contributed by atoms with E-state index in [2.05, 4.69) is 5.10 Å². The first-order valence-corrected chi connectivity index (χ1v) is 6.06. The van der Waals surface area contributed by atoms with E-state index in [1.807, 2.05) is 0 Å². The van der Waals surface area contributed by atoms with Gasteiger partial charge in [0.15, 0.2) is 5.75 Å². The largest absolute Gasteiger partial charge is 0.493 e. The first-order valence-electron chi connectivity index (χ1n) is 6.06. The quantitative estimate of drug-likeness (QED) is 0.907. The van der Waals surface area contributed by atoms with E-state index >= 15 is 0 Å². The summed E-state index contributed by atoms with van der Waals surface area (Å²) < 4.78 is 33.3. The van der Waals surface area contributed by atoms with Crippen LogP contribution in [0.2, 0.25) is 0 Å². The molecule has 18 heavy (non-hydrogen) atoms. The lowest BCUT2D eigenvalue weighted by Crippen LogP contribution is -2.30. The third-order valence-electron chi connectivity index (χ3n) is 3.57. The van der Waals surface area contributed by atoms with Crippen molar-refractivity contribution in [2.24, 2.45) is 13.0 Å². The van der Waals surface area contributed by atoms with Crippen LogP contribution in [0.4, 0.5) is 8.78 Å². The predicted molar refractivity (Wildman–Crippen MR) is 61.6 cm³/mol. The van der Waals surface area contributed by atoms with Gasteiger partial charge >= 0.3 is 0 Å². The molecule has 4 nitrogen and oxygen atoms in total. The van der Waals surface area contributed by atoms with Crippen LogP contribution in [-0.2, 0) is 7.05 Å². The Bertz CT molecular complexity index is 420. The van der Waals surface area contributed by atoms with Crippen LogP contribution in [0.1, 0.15) is 37.5 Å². The Kier molecular flexibility index (Phi) is 3.56. The number of nitrogens with zero attached hydrogens (tertiary/aromatic N) is 2. The highest BCUT2D eigenvalue weighted by atomic mass is 19.3. The summed E-state index contributed by atoms with van der Waals surface area (Å²) in [7, 11) is 3.14. The molecular weight excluding hydrogens is 242 g/mol. The number of aliphatic hydroxyl groups excluding tert-OH is 1. The summed E-state index contributed by atoms with van der Waals surface area (Å²) in [6.07, 6.45) is 1.21. The second kappa shape index (κ2) is 4.84. The Labute approximate surface area is 105 Å². The first kappa shape index (κ1) is 13.3. The standard InChI is InChI=1S/C12H18F2N2O2/c1-16-10(9(18-2)7-15-16)11(17)8-4-3-5-12(13,14)6-8/h7-8,11,17H,3-6H2,1-2H3. The van der Waals surface area contributed by atoms with E-state index in [4.69, 9.17) is 4.74 Å². The van der Waals surface area contributed by atoms with Crippen molar-refractivity contribution in [2.45, 2.75) is 37.7 Å². The summed E-state index contributed by atoms with van der Waals surface area (Å²) in [5.74, 6) is -2.67. The lowest BCUT2D eigenvalue weighted by molar-refractivity contribution is -0.0775. The number of rotatable bonds is 3. The Morgan fingerprint density at radius 1 is 1.61 bits per heavy atom. The number of hydrogen-bond acceptors (Lipinski definition) is 3. The molecule has 1 aliphatic rings. The fourth-order valence-electron chi connectivity index (χ4n) is 2.62. The molecule has 102 valence electrons. The lowest BCUT2D eigenvalue weighted by atomic mass is 9.82. The lowest BCUT2D eigenvalue weighted by Gasteiger charge is -2.32. The summed E-state index contributed by atoms with van der Waals surface area (Å²) in [4.78, 5) is 0. The van der Waals surface area contributed by atoms with Gasteiger partial charge in [-0.3, -0.25) is 4.68 Å². The smallest absolute Gasteiger partial charge is 0.248 e. The number of aliphatic hydroxyl groups is 1. The van der Waals surface area contributed by atoms with Gasteiger partial charge in [0.05, 0.1) is 13.3 Å². The van der Waals surface area contributed by atoms with Crippen molar-refractivity contribution in [3.63, 3.8) is 0 Å². The van der Waals surface area contributed by atoms with Crippen molar-refractivity contribution in [3.8, 4) is 5.75 Å². The zero-order chi connectivity index (χ0) is 13.3. The van der Waals surface area contributed by atoms with Crippen LogP contribution in [0.15, 0.2) is 6.20 Å². The molecule has 0 saturated heterocycles. The first-order chi connectivity index (χ1) is 8.44. The molecule has 1 aromatic rings. The molecule has 0 bridgehead atoms. The minimum absolute atomic E-state index is 0.0846. The molecule has 1 aliphatic carbocycles. The van der Waals surface area contributed by atoms with Crippen molar-refractivity contribution >= 4 is 0 Å². The molecule has 1 aromatic heterocycles. The van der Waals surface area contributed by atoms with Gasteiger partial charge in [-0.25, -0.2) is 8.78 Å². The highest BCUT2D eigenvalue weighted by molar-refractivity contribution is 5.27. The molecule has 0 amide bonds. The molecule has 2 rings (SSSR count). The summed E-state index contributed by atoms with van der Waals surface area (Å²) >= 11 is 0. The fraction of sp³-hybridized carbons (Fsp3) is 0.750. The fourth-order valence-corrected chi connectivity index (χ4v) is 2.62. The maximum absolute atomic E-state index is 13.4. The number of alkyl halides is 2. The Hall–Kier alpha value is -1.17. The van der Waals surface area contributed by atoms with Crippen LogP contribution < -0.4 is 4.74 Å². The minimum atomic E-state index is -2.67. The Morgan fingerprint density at radius 3 is 2.94 bits per heavy atom. The average Bonchev–Trinajstić information content (AvgIpc) is 2.68. The zero-order valence-electron chi connectivity index (χ0n) is 10.6. The molecular formula is C12H18F2N2O2. The number of aryl methyl sites for hydroxylation is 1.